The van der Waals surface area contributed by atoms with Crippen molar-refractivity contribution in [3.05, 3.63) is 0 Å². The summed E-state index contributed by atoms with van der Waals surface area (Å²) in [6.45, 7) is 4.62. The average Bonchev–Trinajstić information content (AvgIpc) is 2.55. The minimum absolute atomic E-state index is 0.0257. The maximum absolute atomic E-state index is 12.0. The molecule has 9 nitrogen and oxygen atoms in total. The van der Waals surface area contributed by atoms with Gasteiger partial charge in [0, 0.05) is 5.75 Å². The molecule has 4 atom stereocenters. The van der Waals surface area contributed by atoms with Crippen LogP contribution in [-0.2, 0) is 19.2 Å². The third-order valence-electron chi connectivity index (χ3n) is 3.55. The van der Waals surface area contributed by atoms with Gasteiger partial charge in [-0.2, -0.15) is 12.6 Å². The normalized spacial score (nSPS) is 15.5. The van der Waals surface area contributed by atoms with Gasteiger partial charge in [0.2, 0.25) is 17.7 Å². The molecule has 4 unspecified atom stereocenters. The molecule has 0 bridgehead atoms. The summed E-state index contributed by atoms with van der Waals surface area (Å²) < 4.78 is 0. The maximum atomic E-state index is 12.0. The molecule has 0 aromatic rings. The van der Waals surface area contributed by atoms with E-state index in [2.05, 4.69) is 28.6 Å². The van der Waals surface area contributed by atoms with Crippen molar-refractivity contribution in [3.8, 4) is 0 Å². The zero-order valence-electron chi connectivity index (χ0n) is 14.0. The van der Waals surface area contributed by atoms with Crippen LogP contribution >= 0.6 is 12.6 Å². The number of hydrogen-bond acceptors (Lipinski definition) is 6. The van der Waals surface area contributed by atoms with Gasteiger partial charge in [-0.25, -0.2) is 0 Å². The molecule has 6 N–H and O–H groups in total. The molecular formula is C14H26N4O5S. The van der Waals surface area contributed by atoms with Gasteiger partial charge in [-0.05, 0) is 12.8 Å². The number of carboxylic acid groups (broad SMARTS) is 1. The number of aliphatic carboxylic acids is 1. The first kappa shape index (κ1) is 22.2. The Kier molecular flexibility index (Phi) is 10.0. The quantitative estimate of drug-likeness (QED) is 0.260. The van der Waals surface area contributed by atoms with Crippen molar-refractivity contribution in [3.63, 3.8) is 0 Å². The molecule has 0 rings (SSSR count). The highest BCUT2D eigenvalue weighted by Gasteiger charge is 2.25. The molecule has 0 heterocycles. The van der Waals surface area contributed by atoms with E-state index in [4.69, 9.17) is 10.8 Å². The first-order valence-corrected chi connectivity index (χ1v) is 8.23. The number of hydrogen-bond donors (Lipinski definition) is 6. The second-order valence-corrected chi connectivity index (χ2v) is 5.87. The van der Waals surface area contributed by atoms with E-state index in [0.717, 1.165) is 0 Å². The number of carbonyl (C=O) groups excluding carboxylic acids is 3. The van der Waals surface area contributed by atoms with Crippen molar-refractivity contribution in [2.75, 3.05) is 12.3 Å². The van der Waals surface area contributed by atoms with Gasteiger partial charge < -0.3 is 26.8 Å². The fourth-order valence-electron chi connectivity index (χ4n) is 1.62. The molecule has 0 aliphatic rings. The van der Waals surface area contributed by atoms with Gasteiger partial charge in [-0.1, -0.05) is 20.3 Å². The number of rotatable bonds is 10. The minimum Gasteiger partial charge on any atom is -0.480 e. The molecule has 0 saturated heterocycles. The third-order valence-corrected chi connectivity index (χ3v) is 3.91. The van der Waals surface area contributed by atoms with Crippen LogP contribution in [0.25, 0.3) is 0 Å². The van der Waals surface area contributed by atoms with E-state index in [1.807, 2.05) is 13.8 Å². The molecule has 0 saturated carbocycles. The van der Waals surface area contributed by atoms with Crippen LogP contribution in [0.15, 0.2) is 0 Å². The lowest BCUT2D eigenvalue weighted by Gasteiger charge is -2.22. The van der Waals surface area contributed by atoms with Crippen LogP contribution in [0.3, 0.4) is 0 Å². The Balaban J connectivity index is 4.47. The highest BCUT2D eigenvalue weighted by molar-refractivity contribution is 7.80. The Morgan fingerprint density at radius 1 is 1.12 bits per heavy atom. The van der Waals surface area contributed by atoms with Crippen LogP contribution < -0.4 is 21.7 Å². The summed E-state index contributed by atoms with van der Waals surface area (Å²) in [4.78, 5) is 46.1. The molecule has 0 aliphatic carbocycles. The first-order chi connectivity index (χ1) is 11.1. The standard InChI is InChI=1S/C14H26N4O5S/c1-4-7(2)11(15)13(21)18-9(6-24)12(20)16-5-10(19)17-8(3)14(22)23/h7-9,11,24H,4-6,15H2,1-3H3,(H,16,20)(H,17,19)(H,18,21)(H,22,23). The summed E-state index contributed by atoms with van der Waals surface area (Å²) >= 11 is 4.01. The number of nitrogens with two attached hydrogens (primary N) is 1. The van der Waals surface area contributed by atoms with Crippen LogP contribution in [-0.4, -0.2) is 59.2 Å². The second-order valence-electron chi connectivity index (χ2n) is 5.50. The van der Waals surface area contributed by atoms with Crippen molar-refractivity contribution < 1.29 is 24.3 Å². The van der Waals surface area contributed by atoms with Gasteiger partial charge in [0.05, 0.1) is 12.6 Å². The van der Waals surface area contributed by atoms with E-state index in [1.165, 1.54) is 6.92 Å². The molecule has 0 fully saturated rings. The third kappa shape index (κ3) is 7.64. The van der Waals surface area contributed by atoms with E-state index in [9.17, 15) is 19.2 Å². The molecule has 0 spiro atoms. The van der Waals surface area contributed by atoms with E-state index in [1.54, 1.807) is 0 Å². The zero-order chi connectivity index (χ0) is 18.9. The van der Waals surface area contributed by atoms with Crippen molar-refractivity contribution in [2.45, 2.75) is 45.3 Å². The largest absolute Gasteiger partial charge is 0.480 e. The van der Waals surface area contributed by atoms with Crippen molar-refractivity contribution in [2.24, 2.45) is 11.7 Å². The molecule has 0 aliphatic heterocycles. The van der Waals surface area contributed by atoms with Crippen molar-refractivity contribution in [1.29, 1.82) is 0 Å². The Bertz CT molecular complexity index is 474. The monoisotopic (exact) mass is 362 g/mol. The molecule has 0 aromatic carbocycles. The number of amides is 3. The van der Waals surface area contributed by atoms with Gasteiger partial charge in [-0.15, -0.1) is 0 Å². The van der Waals surface area contributed by atoms with E-state index < -0.39 is 48.4 Å². The van der Waals surface area contributed by atoms with Crippen LogP contribution in [0.4, 0.5) is 0 Å². The summed E-state index contributed by atoms with van der Waals surface area (Å²) in [5, 5.41) is 15.7. The van der Waals surface area contributed by atoms with Gasteiger partial charge in [0.15, 0.2) is 0 Å². The van der Waals surface area contributed by atoms with Gasteiger partial charge in [0.1, 0.15) is 12.1 Å². The van der Waals surface area contributed by atoms with E-state index in [0.29, 0.717) is 6.42 Å². The van der Waals surface area contributed by atoms with E-state index >= 15 is 0 Å². The summed E-state index contributed by atoms with van der Waals surface area (Å²) in [5.74, 6) is -2.93. The first-order valence-electron chi connectivity index (χ1n) is 7.60. The van der Waals surface area contributed by atoms with Crippen LogP contribution in [0.2, 0.25) is 0 Å². The fourth-order valence-corrected chi connectivity index (χ4v) is 1.88. The molecule has 138 valence electrons. The van der Waals surface area contributed by atoms with Crippen LogP contribution in [0.5, 0.6) is 0 Å². The predicted molar refractivity (Wildman–Crippen MR) is 91.5 cm³/mol. The molecule has 3 amide bonds. The topological polar surface area (TPSA) is 151 Å². The fraction of sp³-hybridized carbons (Fsp3) is 0.714. The smallest absolute Gasteiger partial charge is 0.325 e. The van der Waals surface area contributed by atoms with Gasteiger partial charge in [-0.3, -0.25) is 19.2 Å². The number of thiol groups is 1. The van der Waals surface area contributed by atoms with Crippen LogP contribution in [0.1, 0.15) is 27.2 Å². The summed E-state index contributed by atoms with van der Waals surface area (Å²) in [6, 6.07) is -2.76. The number of carboxylic acids is 1. The predicted octanol–water partition coefficient (Wildman–Crippen LogP) is -1.52. The Morgan fingerprint density at radius 3 is 2.17 bits per heavy atom. The van der Waals surface area contributed by atoms with Crippen molar-refractivity contribution in [1.82, 2.24) is 16.0 Å². The Hall–Kier alpha value is -1.81. The van der Waals surface area contributed by atoms with Gasteiger partial charge >= 0.3 is 5.97 Å². The maximum Gasteiger partial charge on any atom is 0.325 e. The Labute approximate surface area is 146 Å². The summed E-state index contributed by atoms with van der Waals surface area (Å²) in [6.07, 6.45) is 0.717. The lowest BCUT2D eigenvalue weighted by Crippen LogP contribution is -2.55. The van der Waals surface area contributed by atoms with Gasteiger partial charge in [0.25, 0.3) is 0 Å². The average molecular weight is 362 g/mol. The Morgan fingerprint density at radius 2 is 1.71 bits per heavy atom. The second kappa shape index (κ2) is 10.9. The SMILES string of the molecule is CCC(C)C(N)C(=O)NC(CS)C(=O)NCC(=O)NC(C)C(=O)O. The molecule has 0 aromatic heterocycles. The lowest BCUT2D eigenvalue weighted by atomic mass is 9.99. The lowest BCUT2D eigenvalue weighted by molar-refractivity contribution is -0.141. The molecular weight excluding hydrogens is 336 g/mol. The minimum atomic E-state index is -1.19. The highest BCUT2D eigenvalue weighted by Crippen LogP contribution is 2.05. The van der Waals surface area contributed by atoms with Crippen LogP contribution in [0, 0.1) is 5.92 Å². The molecule has 10 heteroatoms. The number of carbonyl (C=O) groups is 4. The van der Waals surface area contributed by atoms with E-state index in [-0.39, 0.29) is 11.7 Å². The van der Waals surface area contributed by atoms with Crippen molar-refractivity contribution >= 4 is 36.3 Å². The zero-order valence-corrected chi connectivity index (χ0v) is 14.9. The summed E-state index contributed by atoms with van der Waals surface area (Å²) in [5.41, 5.74) is 5.79. The molecule has 0 radical (unpaired) electrons. The molecule has 24 heavy (non-hydrogen) atoms. The highest BCUT2D eigenvalue weighted by atomic mass is 32.1. The number of nitrogens with one attached hydrogen (secondary N) is 3. The summed E-state index contributed by atoms with van der Waals surface area (Å²) in [7, 11) is 0.